The lowest BCUT2D eigenvalue weighted by Crippen LogP contribution is -2.03. The van der Waals surface area contributed by atoms with Crippen LogP contribution in [0.25, 0.3) is 33.4 Å². The van der Waals surface area contributed by atoms with Crippen molar-refractivity contribution in [3.05, 3.63) is 94.6 Å². The van der Waals surface area contributed by atoms with Gasteiger partial charge < -0.3 is 20.4 Å². The number of carboxylic acids is 1. The van der Waals surface area contributed by atoms with Crippen LogP contribution in [0.4, 0.5) is 17.1 Å². The van der Waals surface area contributed by atoms with E-state index in [4.69, 9.17) is 10.2 Å². The van der Waals surface area contributed by atoms with Crippen LogP contribution in [-0.2, 0) is 0 Å². The average Bonchev–Trinajstić information content (AvgIpc) is 2.82. The van der Waals surface area contributed by atoms with E-state index < -0.39 is 5.97 Å². The van der Waals surface area contributed by atoms with Gasteiger partial charge in [-0.3, -0.25) is 4.79 Å². The van der Waals surface area contributed by atoms with E-state index in [1.807, 2.05) is 0 Å². The number of anilines is 1. The van der Waals surface area contributed by atoms with Crippen molar-refractivity contribution < 1.29 is 19.4 Å². The van der Waals surface area contributed by atoms with E-state index >= 15 is 0 Å². The Morgan fingerprint density at radius 3 is 2.41 bits per heavy atom. The Bertz CT molecular complexity index is 1620. The van der Waals surface area contributed by atoms with Crippen LogP contribution in [0.2, 0.25) is 0 Å². The van der Waals surface area contributed by atoms with Gasteiger partial charge in [-0.05, 0) is 54.1 Å². The zero-order valence-electron chi connectivity index (χ0n) is 17.6. The van der Waals surface area contributed by atoms with Crippen molar-refractivity contribution in [2.24, 2.45) is 10.2 Å². The van der Waals surface area contributed by atoms with Crippen LogP contribution < -0.4 is 11.2 Å². The monoisotopic (exact) mass is 451 g/mol. The summed E-state index contributed by atoms with van der Waals surface area (Å²) in [6.07, 6.45) is 0. The summed E-state index contributed by atoms with van der Waals surface area (Å²) < 4.78 is 5.91. The number of azo groups is 1. The van der Waals surface area contributed by atoms with Crippen molar-refractivity contribution >= 4 is 34.0 Å². The van der Waals surface area contributed by atoms with E-state index in [1.54, 1.807) is 54.6 Å². The highest BCUT2D eigenvalue weighted by molar-refractivity contribution is 6.08. The molecule has 0 saturated heterocycles. The van der Waals surface area contributed by atoms with Crippen molar-refractivity contribution in [1.82, 2.24) is 0 Å². The Kier molecular flexibility index (Phi) is 5.03. The fourth-order valence-electron chi connectivity index (χ4n) is 3.81. The van der Waals surface area contributed by atoms with Crippen molar-refractivity contribution in [1.29, 1.82) is 0 Å². The van der Waals surface area contributed by atoms with Gasteiger partial charge in [-0.2, -0.15) is 5.11 Å². The minimum Gasteiger partial charge on any atom is -0.505 e. The maximum atomic E-state index is 12.0. The van der Waals surface area contributed by atoms with Crippen LogP contribution in [0.15, 0.2) is 98.3 Å². The Labute approximate surface area is 192 Å². The maximum absolute atomic E-state index is 12.0. The number of nitrogens with two attached hydrogens (primary N) is 1. The van der Waals surface area contributed by atoms with Gasteiger partial charge in [0.25, 0.3) is 0 Å². The third-order valence-electron chi connectivity index (χ3n) is 5.38. The van der Waals surface area contributed by atoms with Crippen LogP contribution in [0.3, 0.4) is 0 Å². The van der Waals surface area contributed by atoms with Gasteiger partial charge in [-0.25, -0.2) is 4.79 Å². The molecule has 2 aliphatic rings. The van der Waals surface area contributed by atoms with Gasteiger partial charge in [-0.15, -0.1) is 5.11 Å². The lowest BCUT2D eigenvalue weighted by molar-refractivity contribution is 0.0697. The average molecular weight is 451 g/mol. The van der Waals surface area contributed by atoms with Gasteiger partial charge in [-0.1, -0.05) is 18.2 Å². The third-order valence-corrected chi connectivity index (χ3v) is 5.38. The zero-order chi connectivity index (χ0) is 23.8. The van der Waals surface area contributed by atoms with Crippen molar-refractivity contribution in [3.8, 4) is 28.2 Å². The summed E-state index contributed by atoms with van der Waals surface area (Å²) in [6, 6.07) is 20.6. The number of hydrogen-bond acceptors (Lipinski definition) is 7. The molecule has 0 atom stereocenters. The molecular weight excluding hydrogens is 434 g/mol. The lowest BCUT2D eigenvalue weighted by atomic mass is 9.90. The number of fused-ring (bicyclic) bond motifs is 2. The predicted molar refractivity (Wildman–Crippen MR) is 128 cm³/mol. The fourth-order valence-corrected chi connectivity index (χ4v) is 3.81. The number of nitrogen functional groups attached to an aromatic ring is 1. The number of rotatable bonds is 4. The molecular formula is C26H17N3O5. The summed E-state index contributed by atoms with van der Waals surface area (Å²) in [7, 11) is 0. The SMILES string of the molecule is Nc1ccc(N=Nc2cc3c(-c4ccccc4C(=O)O)c4ccc(=O)cc-4oc3cc2O)cc1. The zero-order valence-corrected chi connectivity index (χ0v) is 17.6. The van der Waals surface area contributed by atoms with Crippen molar-refractivity contribution in [3.63, 3.8) is 0 Å². The minimum atomic E-state index is -1.10. The first-order valence-corrected chi connectivity index (χ1v) is 10.2. The molecule has 1 heterocycles. The Balaban J connectivity index is 1.81. The van der Waals surface area contributed by atoms with E-state index in [2.05, 4.69) is 10.2 Å². The summed E-state index contributed by atoms with van der Waals surface area (Å²) in [5.74, 6) is -1.02. The second kappa shape index (κ2) is 8.18. The molecule has 0 spiro atoms. The standard InChI is InChI=1S/C26H17N3O5/c27-14-5-7-15(8-6-14)28-29-21-12-20-24(13-22(21)31)34-23-11-16(30)9-10-19(23)25(20)17-3-1-2-4-18(17)26(32)33/h1-13,31H,27H2,(H,32,33). The Morgan fingerprint density at radius 2 is 1.65 bits per heavy atom. The second-order valence-electron chi connectivity index (χ2n) is 7.61. The van der Waals surface area contributed by atoms with E-state index in [9.17, 15) is 19.8 Å². The minimum absolute atomic E-state index is 0.0839. The van der Waals surface area contributed by atoms with Crippen LogP contribution in [0.1, 0.15) is 10.4 Å². The molecule has 0 bridgehead atoms. The topological polar surface area (TPSA) is 138 Å². The maximum Gasteiger partial charge on any atom is 0.336 e. The van der Waals surface area contributed by atoms with Gasteiger partial charge in [0, 0.05) is 34.3 Å². The largest absolute Gasteiger partial charge is 0.505 e. The summed E-state index contributed by atoms with van der Waals surface area (Å²) >= 11 is 0. The van der Waals surface area contributed by atoms with Gasteiger partial charge >= 0.3 is 5.97 Å². The van der Waals surface area contributed by atoms with E-state index in [1.165, 1.54) is 24.3 Å². The molecule has 0 unspecified atom stereocenters. The van der Waals surface area contributed by atoms with Crippen LogP contribution in [-0.4, -0.2) is 16.2 Å². The van der Waals surface area contributed by atoms with E-state index in [0.29, 0.717) is 33.5 Å². The summed E-state index contributed by atoms with van der Waals surface area (Å²) in [5.41, 5.74) is 8.59. The predicted octanol–water partition coefficient (Wildman–Crippen LogP) is 5.97. The molecule has 34 heavy (non-hydrogen) atoms. The first-order chi connectivity index (χ1) is 16.4. The van der Waals surface area contributed by atoms with Crippen LogP contribution in [0.5, 0.6) is 5.75 Å². The first kappa shape index (κ1) is 20.9. The number of phenolic OH excluding ortho intramolecular Hbond substituents is 1. The summed E-state index contributed by atoms with van der Waals surface area (Å²) in [5, 5.41) is 29.2. The molecule has 1 aliphatic carbocycles. The highest BCUT2D eigenvalue weighted by Gasteiger charge is 2.22. The quantitative estimate of drug-likeness (QED) is 0.175. The van der Waals surface area contributed by atoms with Gasteiger partial charge in [0.05, 0.1) is 11.3 Å². The molecule has 1 aliphatic heterocycles. The van der Waals surface area contributed by atoms with E-state index in [0.717, 1.165) is 0 Å². The molecule has 8 heteroatoms. The first-order valence-electron chi connectivity index (χ1n) is 10.2. The molecule has 0 saturated carbocycles. The summed E-state index contributed by atoms with van der Waals surface area (Å²) in [4.78, 5) is 23.9. The molecule has 3 aromatic rings. The molecule has 166 valence electrons. The van der Waals surface area contributed by atoms with Crippen molar-refractivity contribution in [2.45, 2.75) is 0 Å². The normalized spacial score (nSPS) is 11.4. The molecule has 0 fully saturated rings. The summed E-state index contributed by atoms with van der Waals surface area (Å²) in [6.45, 7) is 0. The number of carboxylic acid groups (broad SMARTS) is 1. The fraction of sp³-hybridized carbons (Fsp3) is 0. The second-order valence-corrected chi connectivity index (χ2v) is 7.61. The number of phenols is 1. The number of aromatic carboxylic acids is 1. The molecule has 0 radical (unpaired) electrons. The Morgan fingerprint density at radius 1 is 0.882 bits per heavy atom. The van der Waals surface area contributed by atoms with Crippen LogP contribution >= 0.6 is 0 Å². The number of carbonyl (C=O) groups is 1. The highest BCUT2D eigenvalue weighted by atomic mass is 16.4. The molecule has 3 aromatic carbocycles. The lowest BCUT2D eigenvalue weighted by Gasteiger charge is -2.17. The molecule has 8 nitrogen and oxygen atoms in total. The van der Waals surface area contributed by atoms with Crippen LogP contribution in [0, 0.1) is 0 Å². The Hall–Kier alpha value is -4.98. The van der Waals surface area contributed by atoms with Crippen molar-refractivity contribution in [2.75, 3.05) is 5.73 Å². The molecule has 4 N–H and O–H groups in total. The number of hydrogen-bond donors (Lipinski definition) is 3. The third kappa shape index (κ3) is 3.73. The molecule has 0 amide bonds. The smallest absolute Gasteiger partial charge is 0.336 e. The van der Waals surface area contributed by atoms with Gasteiger partial charge in [0.15, 0.2) is 5.43 Å². The molecule has 0 aromatic heterocycles. The van der Waals surface area contributed by atoms with Gasteiger partial charge in [0.2, 0.25) is 0 Å². The number of aromatic hydroxyl groups is 1. The molecule has 5 rings (SSSR count). The number of benzene rings is 4. The van der Waals surface area contributed by atoms with Gasteiger partial charge in [0.1, 0.15) is 22.8 Å². The highest BCUT2D eigenvalue weighted by Crippen LogP contribution is 2.44. The number of nitrogens with zero attached hydrogens (tertiary/aromatic N) is 2. The van der Waals surface area contributed by atoms with E-state index in [-0.39, 0.29) is 33.8 Å².